The number of aliphatic hydroxyl groups is 1. The quantitative estimate of drug-likeness (QED) is 0.842. The van der Waals surface area contributed by atoms with Crippen LogP contribution in [-0.4, -0.2) is 42.2 Å². The van der Waals surface area contributed by atoms with Gasteiger partial charge in [-0.3, -0.25) is 4.79 Å². The van der Waals surface area contributed by atoms with Crippen molar-refractivity contribution in [2.75, 3.05) is 26.3 Å². The number of carbonyl (C=O) groups is 1. The second-order valence-corrected chi connectivity index (χ2v) is 7.81. The predicted octanol–water partition coefficient (Wildman–Crippen LogP) is 3.94. The minimum Gasteiger partial charge on any atom is -0.380 e. The predicted molar refractivity (Wildman–Crippen MR) is 100 cm³/mol. The smallest absolute Gasteiger partial charge is 0.380 e. The van der Waals surface area contributed by atoms with Gasteiger partial charge in [0.15, 0.2) is 0 Å². The molecule has 0 aromatic heterocycles. The lowest BCUT2D eigenvalue weighted by molar-refractivity contribution is -0.184. The molecule has 7 heteroatoms. The number of hydrogen-bond donors (Lipinski definition) is 1. The third kappa shape index (κ3) is 4.02. The molecule has 2 heterocycles. The van der Waals surface area contributed by atoms with E-state index in [1.165, 1.54) is 12.1 Å². The Bertz CT molecular complexity index is 874. The van der Waals surface area contributed by atoms with Crippen molar-refractivity contribution in [1.82, 2.24) is 4.90 Å². The van der Waals surface area contributed by atoms with Crippen molar-refractivity contribution in [3.05, 3.63) is 70.8 Å². The summed E-state index contributed by atoms with van der Waals surface area (Å²) in [6.07, 6.45) is -2.72. The van der Waals surface area contributed by atoms with Crippen LogP contribution in [0.3, 0.4) is 0 Å². The van der Waals surface area contributed by atoms with Crippen molar-refractivity contribution in [2.45, 2.75) is 30.5 Å². The summed E-state index contributed by atoms with van der Waals surface area (Å²) in [5.74, 6) is -0.0906. The van der Waals surface area contributed by atoms with E-state index in [0.29, 0.717) is 18.7 Å². The summed E-state index contributed by atoms with van der Waals surface area (Å²) in [4.78, 5) is 14.6. The number of piperidine rings is 1. The van der Waals surface area contributed by atoms with Gasteiger partial charge in [-0.15, -0.1) is 0 Å². The number of amides is 1. The highest BCUT2D eigenvalue weighted by Crippen LogP contribution is 2.33. The number of benzene rings is 2. The molecule has 2 aliphatic heterocycles. The van der Waals surface area contributed by atoms with E-state index in [1.807, 2.05) is 0 Å². The fourth-order valence-electron chi connectivity index (χ4n) is 3.95. The number of ether oxygens (including phenoxy) is 1. The van der Waals surface area contributed by atoms with E-state index in [-0.39, 0.29) is 25.0 Å². The van der Waals surface area contributed by atoms with E-state index in [2.05, 4.69) is 0 Å². The standard InChI is InChI=1S/C22H22F3NO3/c23-22(24,25)19-9-3-15(4-10-19)17-2-1-11-26(12-17)20(27)16-5-7-18(8-6-16)21(28)13-29-14-21/h3-10,17,28H,1-2,11-14H2. The second-order valence-electron chi connectivity index (χ2n) is 7.81. The molecule has 2 aliphatic rings. The summed E-state index contributed by atoms with van der Waals surface area (Å²) in [5.41, 5.74) is 0.439. The van der Waals surface area contributed by atoms with E-state index >= 15 is 0 Å². The molecule has 0 spiro atoms. The van der Waals surface area contributed by atoms with Crippen molar-refractivity contribution in [3.8, 4) is 0 Å². The largest absolute Gasteiger partial charge is 0.416 e. The molecule has 4 rings (SSSR count). The van der Waals surface area contributed by atoms with Gasteiger partial charge in [-0.2, -0.15) is 13.2 Å². The Labute approximate surface area is 166 Å². The van der Waals surface area contributed by atoms with Gasteiger partial charge in [0.2, 0.25) is 0 Å². The maximum Gasteiger partial charge on any atom is 0.416 e. The van der Waals surface area contributed by atoms with Gasteiger partial charge in [-0.1, -0.05) is 24.3 Å². The van der Waals surface area contributed by atoms with Gasteiger partial charge in [-0.25, -0.2) is 0 Å². The van der Waals surface area contributed by atoms with Crippen LogP contribution in [0.5, 0.6) is 0 Å². The molecule has 0 aliphatic carbocycles. The van der Waals surface area contributed by atoms with E-state index in [1.54, 1.807) is 29.2 Å². The Morgan fingerprint density at radius 3 is 2.28 bits per heavy atom. The maximum absolute atomic E-state index is 12.9. The van der Waals surface area contributed by atoms with E-state index in [4.69, 9.17) is 4.74 Å². The Morgan fingerprint density at radius 1 is 1.07 bits per heavy atom. The van der Waals surface area contributed by atoms with Crippen LogP contribution in [0.15, 0.2) is 48.5 Å². The van der Waals surface area contributed by atoms with E-state index in [9.17, 15) is 23.1 Å². The molecular weight excluding hydrogens is 383 g/mol. The second kappa shape index (κ2) is 7.46. The summed E-state index contributed by atoms with van der Waals surface area (Å²) >= 11 is 0. The Balaban J connectivity index is 1.44. The number of nitrogens with zero attached hydrogens (tertiary/aromatic N) is 1. The highest BCUT2D eigenvalue weighted by atomic mass is 19.4. The molecule has 0 saturated carbocycles. The maximum atomic E-state index is 12.9. The van der Waals surface area contributed by atoms with Crippen LogP contribution in [0.1, 0.15) is 45.8 Å². The Morgan fingerprint density at radius 2 is 1.72 bits per heavy atom. The van der Waals surface area contributed by atoms with Crippen molar-refractivity contribution < 1.29 is 27.8 Å². The Hall–Kier alpha value is -2.38. The van der Waals surface area contributed by atoms with Crippen LogP contribution >= 0.6 is 0 Å². The number of hydrogen-bond acceptors (Lipinski definition) is 3. The number of likely N-dealkylation sites (tertiary alicyclic amines) is 1. The molecule has 1 atom stereocenters. The SMILES string of the molecule is O=C(c1ccc(C2(O)COC2)cc1)N1CCCC(c2ccc(C(F)(F)F)cc2)C1. The lowest BCUT2D eigenvalue weighted by atomic mass is 9.89. The van der Waals surface area contributed by atoms with Crippen molar-refractivity contribution in [3.63, 3.8) is 0 Å². The highest BCUT2D eigenvalue weighted by Gasteiger charge is 2.38. The normalized spacial score (nSPS) is 21.5. The average Bonchev–Trinajstić information content (AvgIpc) is 2.71. The van der Waals surface area contributed by atoms with Gasteiger partial charge < -0.3 is 14.7 Å². The molecule has 2 aromatic carbocycles. The van der Waals surface area contributed by atoms with Crippen LogP contribution in [0.25, 0.3) is 0 Å². The highest BCUT2D eigenvalue weighted by molar-refractivity contribution is 5.94. The number of carbonyl (C=O) groups excluding carboxylic acids is 1. The van der Waals surface area contributed by atoms with Crippen molar-refractivity contribution in [1.29, 1.82) is 0 Å². The number of rotatable bonds is 3. The summed E-state index contributed by atoms with van der Waals surface area (Å²) < 4.78 is 43.4. The van der Waals surface area contributed by atoms with Crippen molar-refractivity contribution in [2.24, 2.45) is 0 Å². The molecule has 1 N–H and O–H groups in total. The Kier molecular flexibility index (Phi) is 5.12. The summed E-state index contributed by atoms with van der Waals surface area (Å²) in [5, 5.41) is 10.3. The van der Waals surface area contributed by atoms with Gasteiger partial charge in [0.1, 0.15) is 5.60 Å². The van der Waals surface area contributed by atoms with Gasteiger partial charge >= 0.3 is 6.18 Å². The van der Waals surface area contributed by atoms with Crippen LogP contribution in [0.4, 0.5) is 13.2 Å². The monoisotopic (exact) mass is 405 g/mol. The molecule has 1 unspecified atom stereocenters. The topological polar surface area (TPSA) is 49.8 Å². The first kappa shape index (κ1) is 19.9. The summed E-state index contributed by atoms with van der Waals surface area (Å²) in [7, 11) is 0. The van der Waals surface area contributed by atoms with E-state index < -0.39 is 17.3 Å². The fraction of sp³-hybridized carbons (Fsp3) is 0.409. The molecule has 4 nitrogen and oxygen atoms in total. The minimum atomic E-state index is -4.35. The van der Waals surface area contributed by atoms with Gasteiger partial charge in [0.05, 0.1) is 18.8 Å². The molecule has 0 radical (unpaired) electrons. The van der Waals surface area contributed by atoms with Crippen LogP contribution in [-0.2, 0) is 16.5 Å². The van der Waals surface area contributed by atoms with Gasteiger partial charge in [0.25, 0.3) is 5.91 Å². The molecule has 2 aromatic rings. The molecule has 29 heavy (non-hydrogen) atoms. The fourth-order valence-corrected chi connectivity index (χ4v) is 3.95. The molecule has 1 amide bonds. The van der Waals surface area contributed by atoms with Gasteiger partial charge in [0, 0.05) is 24.6 Å². The first-order chi connectivity index (χ1) is 13.8. The zero-order valence-electron chi connectivity index (χ0n) is 15.8. The third-order valence-electron chi connectivity index (χ3n) is 5.77. The zero-order valence-corrected chi connectivity index (χ0v) is 15.8. The summed E-state index contributed by atoms with van der Waals surface area (Å²) in [6, 6.07) is 12.1. The lowest BCUT2D eigenvalue weighted by Gasteiger charge is -2.37. The average molecular weight is 405 g/mol. The first-order valence-electron chi connectivity index (χ1n) is 9.63. The van der Waals surface area contributed by atoms with Crippen LogP contribution in [0, 0.1) is 0 Å². The lowest BCUT2D eigenvalue weighted by Crippen LogP contribution is -2.46. The molecule has 154 valence electrons. The molecular formula is C22H22F3NO3. The third-order valence-corrected chi connectivity index (χ3v) is 5.77. The van der Waals surface area contributed by atoms with Crippen LogP contribution < -0.4 is 0 Å². The van der Waals surface area contributed by atoms with Crippen LogP contribution in [0.2, 0.25) is 0 Å². The zero-order chi connectivity index (χ0) is 20.6. The molecule has 0 bridgehead atoms. The molecule has 2 saturated heterocycles. The first-order valence-corrected chi connectivity index (χ1v) is 9.63. The minimum absolute atomic E-state index is 0.0158. The number of halogens is 3. The van der Waals surface area contributed by atoms with Gasteiger partial charge in [-0.05, 0) is 48.2 Å². The van der Waals surface area contributed by atoms with Crippen molar-refractivity contribution >= 4 is 5.91 Å². The summed E-state index contributed by atoms with van der Waals surface area (Å²) in [6.45, 7) is 1.60. The molecule has 2 fully saturated rings. The number of alkyl halides is 3. The van der Waals surface area contributed by atoms with E-state index in [0.717, 1.165) is 36.1 Å².